The topological polar surface area (TPSA) is 67.5 Å². The molecule has 0 atom stereocenters. The molecule has 0 saturated carbocycles. The van der Waals surface area contributed by atoms with Crippen LogP contribution in [-0.4, -0.2) is 25.7 Å². The van der Waals surface area contributed by atoms with Crippen molar-refractivity contribution in [1.29, 1.82) is 0 Å². The fraction of sp³-hybridized carbons (Fsp3) is 0. The van der Waals surface area contributed by atoms with Gasteiger partial charge in [-0.05, 0) is 34.7 Å². The zero-order chi connectivity index (χ0) is 13.6. The second-order valence-corrected chi connectivity index (χ2v) is 6.95. The maximum atomic E-state index is 11.1. The van der Waals surface area contributed by atoms with Crippen molar-refractivity contribution in [3.63, 3.8) is 0 Å². The molecule has 0 aliphatic carbocycles. The molecule has 0 unspecified atom stereocenters. The summed E-state index contributed by atoms with van der Waals surface area (Å²) in [5.74, 6) is -0.456. The van der Waals surface area contributed by atoms with Gasteiger partial charge >= 0.3 is 5.97 Å². The average Bonchev–Trinajstić information content (AvgIpc) is 2.94. The van der Waals surface area contributed by atoms with Crippen LogP contribution in [0.1, 0.15) is 10.4 Å². The van der Waals surface area contributed by atoms with E-state index >= 15 is 0 Å². The van der Waals surface area contributed by atoms with Crippen molar-refractivity contribution in [1.82, 2.24) is 14.6 Å². The van der Waals surface area contributed by atoms with Crippen molar-refractivity contribution >= 4 is 57.1 Å². The van der Waals surface area contributed by atoms with Crippen LogP contribution in [0.3, 0.4) is 0 Å². The molecule has 5 nitrogen and oxygen atoms in total. The van der Waals surface area contributed by atoms with E-state index in [2.05, 4.69) is 32.8 Å². The summed E-state index contributed by atoms with van der Waals surface area (Å²) in [6.45, 7) is 0. The van der Waals surface area contributed by atoms with E-state index in [0.717, 1.165) is 8.45 Å². The lowest BCUT2D eigenvalue weighted by atomic mass is 10.2. The van der Waals surface area contributed by atoms with Crippen LogP contribution >= 0.6 is 45.5 Å². The molecular weight excluding hydrogens is 401 g/mol. The number of hydrogen-bond donors (Lipinski definition) is 1. The molecule has 3 heterocycles. The highest BCUT2D eigenvalue weighted by molar-refractivity contribution is 14.1. The van der Waals surface area contributed by atoms with E-state index in [4.69, 9.17) is 16.7 Å². The standard InChI is InChI=1S/C11H5ClIN3O2S/c12-7-1-5(11(17)18)3-16-9(14-15-10(7)16)6-2-8(13)19-4-6/h1-4H,(H,17,18). The summed E-state index contributed by atoms with van der Waals surface area (Å²) in [6.07, 6.45) is 1.48. The van der Waals surface area contributed by atoms with Gasteiger partial charge in [0.05, 0.1) is 13.5 Å². The Morgan fingerprint density at radius 2 is 2.21 bits per heavy atom. The van der Waals surface area contributed by atoms with E-state index in [1.807, 2.05) is 11.4 Å². The first-order valence-corrected chi connectivity index (χ1v) is 7.42. The Morgan fingerprint density at radius 1 is 1.42 bits per heavy atom. The number of halogens is 2. The predicted octanol–water partition coefficient (Wildman–Crippen LogP) is 3.41. The molecule has 3 rings (SSSR count). The number of carboxylic acid groups (broad SMARTS) is 1. The quantitative estimate of drug-likeness (QED) is 0.664. The van der Waals surface area contributed by atoms with Crippen molar-refractivity contribution in [2.75, 3.05) is 0 Å². The van der Waals surface area contributed by atoms with Crippen LogP contribution < -0.4 is 0 Å². The molecule has 0 aliphatic rings. The van der Waals surface area contributed by atoms with Crippen LogP contribution in [0.25, 0.3) is 17.0 Å². The van der Waals surface area contributed by atoms with Crippen molar-refractivity contribution in [3.8, 4) is 11.4 Å². The zero-order valence-corrected chi connectivity index (χ0v) is 12.9. The third-order valence-corrected chi connectivity index (χ3v) is 4.60. The maximum absolute atomic E-state index is 11.1. The van der Waals surface area contributed by atoms with E-state index in [1.165, 1.54) is 12.3 Å². The first-order chi connectivity index (χ1) is 9.06. The second-order valence-electron chi connectivity index (χ2n) is 3.74. The van der Waals surface area contributed by atoms with Crippen molar-refractivity contribution in [3.05, 3.63) is 37.2 Å². The Bertz CT molecular complexity index is 798. The summed E-state index contributed by atoms with van der Waals surface area (Å²) in [5, 5.41) is 19.3. The van der Waals surface area contributed by atoms with Gasteiger partial charge in [-0.1, -0.05) is 11.6 Å². The third kappa shape index (κ3) is 2.21. The van der Waals surface area contributed by atoms with Crippen molar-refractivity contribution in [2.24, 2.45) is 0 Å². The van der Waals surface area contributed by atoms with Crippen LogP contribution in [0.2, 0.25) is 5.02 Å². The number of pyridine rings is 1. The van der Waals surface area contributed by atoms with Gasteiger partial charge in [-0.25, -0.2) is 4.79 Å². The molecule has 0 spiro atoms. The Hall–Kier alpha value is -1.19. The highest BCUT2D eigenvalue weighted by atomic mass is 127. The second kappa shape index (κ2) is 4.73. The van der Waals surface area contributed by atoms with Gasteiger partial charge in [-0.15, -0.1) is 21.5 Å². The van der Waals surface area contributed by atoms with Gasteiger partial charge in [-0.3, -0.25) is 4.40 Å². The number of nitrogens with zero attached hydrogens (tertiary/aromatic N) is 3. The molecule has 19 heavy (non-hydrogen) atoms. The van der Waals surface area contributed by atoms with Gasteiger partial charge in [0.15, 0.2) is 11.5 Å². The summed E-state index contributed by atoms with van der Waals surface area (Å²) in [5.41, 5.74) is 1.44. The highest BCUT2D eigenvalue weighted by Gasteiger charge is 2.15. The largest absolute Gasteiger partial charge is 0.478 e. The molecule has 0 aliphatic heterocycles. The molecule has 8 heteroatoms. The monoisotopic (exact) mass is 405 g/mol. The zero-order valence-electron chi connectivity index (χ0n) is 9.17. The first-order valence-electron chi connectivity index (χ1n) is 5.08. The van der Waals surface area contributed by atoms with Gasteiger partial charge in [0, 0.05) is 17.1 Å². The Labute approximate surface area is 130 Å². The van der Waals surface area contributed by atoms with Crippen molar-refractivity contribution < 1.29 is 9.90 Å². The molecule has 3 aromatic rings. The molecule has 0 bridgehead atoms. The molecule has 0 saturated heterocycles. The van der Waals surface area contributed by atoms with Crippen molar-refractivity contribution in [2.45, 2.75) is 0 Å². The van der Waals surface area contributed by atoms with E-state index in [1.54, 1.807) is 15.7 Å². The fourth-order valence-corrected chi connectivity index (χ4v) is 3.27. The molecule has 0 radical (unpaired) electrons. The highest BCUT2D eigenvalue weighted by Crippen LogP contribution is 2.28. The number of aromatic carboxylic acids is 1. The van der Waals surface area contributed by atoms with Gasteiger partial charge < -0.3 is 5.11 Å². The van der Waals surface area contributed by atoms with E-state index in [0.29, 0.717) is 11.5 Å². The van der Waals surface area contributed by atoms with Gasteiger partial charge in [-0.2, -0.15) is 0 Å². The normalized spacial score (nSPS) is 11.1. The summed E-state index contributed by atoms with van der Waals surface area (Å²) >= 11 is 9.82. The first kappa shape index (κ1) is 12.8. The lowest BCUT2D eigenvalue weighted by molar-refractivity contribution is 0.0696. The summed E-state index contributed by atoms with van der Waals surface area (Å²) in [4.78, 5) is 11.1. The maximum Gasteiger partial charge on any atom is 0.337 e. The molecule has 3 aromatic heterocycles. The van der Waals surface area contributed by atoms with E-state index < -0.39 is 5.97 Å². The Balaban J connectivity index is 2.29. The number of carboxylic acids is 1. The van der Waals surface area contributed by atoms with Gasteiger partial charge in [0.1, 0.15) is 0 Å². The van der Waals surface area contributed by atoms with Crippen LogP contribution in [-0.2, 0) is 0 Å². The predicted molar refractivity (Wildman–Crippen MR) is 81.0 cm³/mol. The summed E-state index contributed by atoms with van der Waals surface area (Å²) in [6, 6.07) is 3.33. The molecule has 0 fully saturated rings. The minimum absolute atomic E-state index is 0.100. The smallest absolute Gasteiger partial charge is 0.337 e. The SMILES string of the molecule is O=C(O)c1cc(Cl)c2nnc(-c3csc(I)c3)n2c1. The van der Waals surface area contributed by atoms with E-state index in [9.17, 15) is 4.79 Å². The molecule has 0 amide bonds. The molecule has 96 valence electrons. The van der Waals surface area contributed by atoms with Crippen LogP contribution in [0.15, 0.2) is 23.7 Å². The number of thiophene rings is 1. The number of fused-ring (bicyclic) bond motifs is 1. The van der Waals surface area contributed by atoms with Crippen LogP contribution in [0.5, 0.6) is 0 Å². The lowest BCUT2D eigenvalue weighted by Gasteiger charge is -2.01. The van der Waals surface area contributed by atoms with Gasteiger partial charge in [0.25, 0.3) is 0 Å². The summed E-state index contributed by atoms with van der Waals surface area (Å²) in [7, 11) is 0. The summed E-state index contributed by atoms with van der Waals surface area (Å²) < 4.78 is 2.72. The van der Waals surface area contributed by atoms with Crippen LogP contribution in [0.4, 0.5) is 0 Å². The number of aromatic nitrogens is 3. The Morgan fingerprint density at radius 3 is 2.84 bits per heavy atom. The average molecular weight is 406 g/mol. The number of carbonyl (C=O) groups is 1. The van der Waals surface area contributed by atoms with Gasteiger partial charge in [0.2, 0.25) is 0 Å². The molecular formula is C11H5ClIN3O2S. The number of hydrogen-bond acceptors (Lipinski definition) is 4. The number of rotatable bonds is 2. The minimum Gasteiger partial charge on any atom is -0.478 e. The molecule has 1 N–H and O–H groups in total. The lowest BCUT2D eigenvalue weighted by Crippen LogP contribution is -2.00. The molecule has 0 aromatic carbocycles. The van der Waals surface area contributed by atoms with Crippen LogP contribution in [0, 0.1) is 2.88 Å². The van der Waals surface area contributed by atoms with E-state index in [-0.39, 0.29) is 10.6 Å². The Kier molecular flexibility index (Phi) is 3.19. The minimum atomic E-state index is -1.04. The fourth-order valence-electron chi connectivity index (χ4n) is 1.70. The third-order valence-electron chi connectivity index (χ3n) is 2.53.